The molecule has 2 aromatic rings. The topological polar surface area (TPSA) is 26.3 Å². The first-order valence-electron chi connectivity index (χ1n) is 5.92. The molecule has 0 aromatic heterocycles. The Kier molecular flexibility index (Phi) is 4.49. The summed E-state index contributed by atoms with van der Waals surface area (Å²) in [6.45, 7) is 0. The van der Waals surface area contributed by atoms with Crippen molar-refractivity contribution in [2.24, 2.45) is 0 Å². The minimum absolute atomic E-state index is 0.686. The van der Waals surface area contributed by atoms with E-state index < -0.39 is 7.80 Å². The molecular formula is C15H16O2P+. The van der Waals surface area contributed by atoms with Crippen molar-refractivity contribution >= 4 is 13.1 Å². The second-order valence-electron chi connectivity index (χ2n) is 4.04. The van der Waals surface area contributed by atoms with Crippen LogP contribution in [0.25, 0.3) is 0 Å². The van der Waals surface area contributed by atoms with Gasteiger partial charge in [0.25, 0.3) is 0 Å². The third-order valence-corrected chi connectivity index (χ3v) is 4.31. The molecule has 0 fully saturated rings. The van der Waals surface area contributed by atoms with Crippen LogP contribution in [0.5, 0.6) is 5.75 Å². The highest BCUT2D eigenvalue weighted by Crippen LogP contribution is 2.22. The lowest BCUT2D eigenvalue weighted by Crippen LogP contribution is -1.99. The summed E-state index contributed by atoms with van der Waals surface area (Å²) in [5.74, 6) is 0.853. The first kappa shape index (κ1) is 12.8. The van der Waals surface area contributed by atoms with Crippen LogP contribution in [-0.4, -0.2) is 13.3 Å². The Bertz CT molecular complexity index is 506. The second-order valence-corrected chi connectivity index (χ2v) is 5.76. The first-order valence-corrected chi connectivity index (χ1v) is 7.37. The van der Waals surface area contributed by atoms with E-state index in [2.05, 4.69) is 0 Å². The van der Waals surface area contributed by atoms with Crippen LogP contribution in [0.4, 0.5) is 0 Å². The van der Waals surface area contributed by atoms with Crippen molar-refractivity contribution in [2.45, 2.75) is 6.42 Å². The lowest BCUT2D eigenvalue weighted by atomic mass is 10.2. The van der Waals surface area contributed by atoms with Gasteiger partial charge in [-0.2, -0.15) is 0 Å². The van der Waals surface area contributed by atoms with Gasteiger partial charge in [0.2, 0.25) is 0 Å². The highest BCUT2D eigenvalue weighted by atomic mass is 31.1. The SMILES string of the molecule is COc1ccc(CC[P+](=O)c2ccccc2)cc1. The molecule has 0 spiro atoms. The van der Waals surface area contributed by atoms with Gasteiger partial charge in [0.1, 0.15) is 5.75 Å². The number of hydrogen-bond donors (Lipinski definition) is 0. The molecule has 0 aliphatic rings. The zero-order valence-electron chi connectivity index (χ0n) is 10.4. The number of ether oxygens (including phenoxy) is 1. The summed E-state index contributed by atoms with van der Waals surface area (Å²) in [7, 11) is 0.362. The highest BCUT2D eigenvalue weighted by molar-refractivity contribution is 7.53. The molecule has 0 amide bonds. The summed E-state index contributed by atoms with van der Waals surface area (Å²) < 4.78 is 17.2. The summed E-state index contributed by atoms with van der Waals surface area (Å²) in [4.78, 5) is 0. The average molecular weight is 259 g/mol. The molecule has 3 heteroatoms. The molecule has 0 heterocycles. The fraction of sp³-hybridized carbons (Fsp3) is 0.200. The largest absolute Gasteiger partial charge is 0.497 e. The molecular weight excluding hydrogens is 243 g/mol. The fourth-order valence-electron chi connectivity index (χ4n) is 1.75. The van der Waals surface area contributed by atoms with Crippen molar-refractivity contribution in [2.75, 3.05) is 13.3 Å². The quantitative estimate of drug-likeness (QED) is 0.769. The van der Waals surface area contributed by atoms with Crippen LogP contribution < -0.4 is 10.0 Å². The summed E-state index contributed by atoms with van der Waals surface area (Å²) >= 11 is 0. The van der Waals surface area contributed by atoms with Gasteiger partial charge in [0, 0.05) is 6.42 Å². The van der Waals surface area contributed by atoms with Gasteiger partial charge < -0.3 is 4.74 Å². The van der Waals surface area contributed by atoms with Gasteiger partial charge in [-0.05, 0) is 29.8 Å². The molecule has 2 rings (SSSR count). The lowest BCUT2D eigenvalue weighted by molar-refractivity contribution is 0.414. The van der Waals surface area contributed by atoms with Gasteiger partial charge in [-0.25, -0.2) is 0 Å². The van der Waals surface area contributed by atoms with Crippen LogP contribution in [0, 0.1) is 0 Å². The van der Waals surface area contributed by atoms with Crippen LogP contribution in [0.3, 0.4) is 0 Å². The van der Waals surface area contributed by atoms with Gasteiger partial charge in [0.05, 0.1) is 7.11 Å². The van der Waals surface area contributed by atoms with Gasteiger partial charge in [0.15, 0.2) is 11.5 Å². The van der Waals surface area contributed by atoms with E-state index in [9.17, 15) is 4.57 Å². The molecule has 18 heavy (non-hydrogen) atoms. The highest BCUT2D eigenvalue weighted by Gasteiger charge is 2.18. The molecule has 0 N–H and O–H groups in total. The molecule has 0 saturated heterocycles. The number of rotatable bonds is 5. The van der Waals surface area contributed by atoms with Crippen LogP contribution in [0.15, 0.2) is 54.6 Å². The monoisotopic (exact) mass is 259 g/mol. The number of methoxy groups -OCH3 is 1. The molecule has 2 aromatic carbocycles. The Morgan fingerprint density at radius 1 is 1.00 bits per heavy atom. The zero-order valence-corrected chi connectivity index (χ0v) is 11.3. The summed E-state index contributed by atoms with van der Waals surface area (Å²) in [5, 5.41) is 0.931. The minimum atomic E-state index is -1.29. The number of benzene rings is 2. The Morgan fingerprint density at radius 2 is 1.67 bits per heavy atom. The predicted octanol–water partition coefficient (Wildman–Crippen LogP) is 3.39. The minimum Gasteiger partial charge on any atom is -0.497 e. The van der Waals surface area contributed by atoms with Crippen molar-refractivity contribution in [3.63, 3.8) is 0 Å². The van der Waals surface area contributed by atoms with Gasteiger partial charge >= 0.3 is 7.80 Å². The average Bonchev–Trinajstić information content (AvgIpc) is 2.46. The normalized spacial score (nSPS) is 11.1. The van der Waals surface area contributed by atoms with Crippen LogP contribution in [-0.2, 0) is 11.0 Å². The van der Waals surface area contributed by atoms with E-state index in [1.807, 2.05) is 54.6 Å². The van der Waals surface area contributed by atoms with E-state index in [0.29, 0.717) is 6.16 Å². The van der Waals surface area contributed by atoms with Gasteiger partial charge in [-0.1, -0.05) is 34.9 Å². The van der Waals surface area contributed by atoms with Gasteiger partial charge in [-0.3, -0.25) is 0 Å². The van der Waals surface area contributed by atoms with E-state index in [4.69, 9.17) is 4.74 Å². The molecule has 2 nitrogen and oxygen atoms in total. The molecule has 0 aliphatic heterocycles. The Morgan fingerprint density at radius 3 is 2.28 bits per heavy atom. The Balaban J connectivity index is 1.93. The van der Waals surface area contributed by atoms with Crippen molar-refractivity contribution < 1.29 is 9.30 Å². The number of hydrogen-bond acceptors (Lipinski definition) is 2. The van der Waals surface area contributed by atoms with E-state index in [1.165, 1.54) is 5.56 Å². The van der Waals surface area contributed by atoms with Crippen molar-refractivity contribution in [3.8, 4) is 5.75 Å². The maximum absolute atomic E-state index is 12.1. The Labute approximate surface area is 108 Å². The van der Waals surface area contributed by atoms with E-state index in [0.717, 1.165) is 17.5 Å². The third-order valence-electron chi connectivity index (χ3n) is 2.81. The first-order chi connectivity index (χ1) is 8.79. The summed E-state index contributed by atoms with van der Waals surface area (Å²) in [6, 6.07) is 17.6. The van der Waals surface area contributed by atoms with E-state index >= 15 is 0 Å². The molecule has 0 saturated carbocycles. The van der Waals surface area contributed by atoms with Crippen molar-refractivity contribution in [1.29, 1.82) is 0 Å². The Hall–Kier alpha value is -1.66. The fourth-order valence-corrected chi connectivity index (χ4v) is 2.97. The maximum Gasteiger partial charge on any atom is 0.377 e. The summed E-state index contributed by atoms with van der Waals surface area (Å²) in [5.41, 5.74) is 1.19. The van der Waals surface area contributed by atoms with Gasteiger partial charge in [-0.15, -0.1) is 0 Å². The predicted molar refractivity (Wildman–Crippen MR) is 75.2 cm³/mol. The van der Waals surface area contributed by atoms with Crippen molar-refractivity contribution in [1.82, 2.24) is 0 Å². The number of aryl methyl sites for hydroxylation is 1. The molecule has 92 valence electrons. The molecule has 0 aliphatic carbocycles. The van der Waals surface area contributed by atoms with Crippen LogP contribution in [0.2, 0.25) is 0 Å². The molecule has 0 bridgehead atoms. The lowest BCUT2D eigenvalue weighted by Gasteiger charge is -2.00. The third kappa shape index (κ3) is 3.41. The zero-order chi connectivity index (χ0) is 12.8. The molecule has 1 atom stereocenters. The second kappa shape index (κ2) is 6.32. The smallest absolute Gasteiger partial charge is 0.377 e. The standard InChI is InChI=1S/C15H16O2P/c1-17-14-9-7-13(8-10-14)11-12-18(16)15-5-3-2-4-6-15/h2-10H,11-12H2,1H3/q+1. The van der Waals surface area contributed by atoms with Crippen LogP contribution >= 0.6 is 7.80 Å². The molecule has 0 radical (unpaired) electrons. The van der Waals surface area contributed by atoms with Crippen molar-refractivity contribution in [3.05, 3.63) is 60.2 Å². The molecule has 1 unspecified atom stereocenters. The van der Waals surface area contributed by atoms with Crippen LogP contribution in [0.1, 0.15) is 5.56 Å². The summed E-state index contributed by atoms with van der Waals surface area (Å²) in [6.07, 6.45) is 1.51. The van der Waals surface area contributed by atoms with E-state index in [-0.39, 0.29) is 0 Å². The van der Waals surface area contributed by atoms with E-state index in [1.54, 1.807) is 7.11 Å². The maximum atomic E-state index is 12.1.